The van der Waals surface area contributed by atoms with E-state index in [1.165, 1.54) is 4.80 Å². The maximum Gasteiger partial charge on any atom is 0.176 e. The first-order chi connectivity index (χ1) is 9.61. The van der Waals surface area contributed by atoms with Gasteiger partial charge >= 0.3 is 0 Å². The maximum atomic E-state index is 14.3. The van der Waals surface area contributed by atoms with Crippen LogP contribution < -0.4 is 5.32 Å². The zero-order valence-electron chi connectivity index (χ0n) is 12.1. The van der Waals surface area contributed by atoms with Gasteiger partial charge in [0.2, 0.25) is 0 Å². The van der Waals surface area contributed by atoms with E-state index >= 15 is 0 Å². The molecule has 2 rings (SSSR count). The molecule has 1 N–H and O–H groups in total. The van der Waals surface area contributed by atoms with Gasteiger partial charge in [-0.05, 0) is 30.7 Å². The quantitative estimate of drug-likeness (QED) is 0.876. The van der Waals surface area contributed by atoms with Gasteiger partial charge in [-0.1, -0.05) is 25.1 Å². The molecule has 0 saturated carbocycles. The molecular weight excluding hydrogens is 257 g/mol. The standard InChI is InChI=1S/C14H20FN5/c1-4-8-16-12(9-13-17-19-20(3)18-13)11-7-5-6-10(2)14(11)15/h5-7,12,16H,4,8-9H2,1-3H3. The molecule has 5 nitrogen and oxygen atoms in total. The van der Waals surface area contributed by atoms with Gasteiger partial charge in [-0.2, -0.15) is 4.80 Å². The summed E-state index contributed by atoms with van der Waals surface area (Å²) in [6, 6.07) is 5.32. The van der Waals surface area contributed by atoms with Crippen molar-refractivity contribution in [3.8, 4) is 0 Å². The molecule has 1 atom stereocenters. The van der Waals surface area contributed by atoms with Gasteiger partial charge < -0.3 is 5.32 Å². The SMILES string of the molecule is CCCNC(Cc1nnn(C)n1)c1cccc(C)c1F. The van der Waals surface area contributed by atoms with Gasteiger partial charge in [0.05, 0.1) is 7.05 Å². The van der Waals surface area contributed by atoms with Gasteiger partial charge in [-0.15, -0.1) is 10.2 Å². The minimum Gasteiger partial charge on any atom is -0.309 e. The van der Waals surface area contributed by atoms with E-state index in [9.17, 15) is 4.39 Å². The van der Waals surface area contributed by atoms with Crippen LogP contribution in [0, 0.1) is 12.7 Å². The number of benzene rings is 1. The highest BCUT2D eigenvalue weighted by molar-refractivity contribution is 5.28. The maximum absolute atomic E-state index is 14.3. The van der Waals surface area contributed by atoms with Crippen molar-refractivity contribution < 1.29 is 4.39 Å². The van der Waals surface area contributed by atoms with E-state index in [0.29, 0.717) is 23.4 Å². The second-order valence-electron chi connectivity index (χ2n) is 4.88. The number of rotatable bonds is 6. The van der Waals surface area contributed by atoms with Gasteiger partial charge in [-0.25, -0.2) is 4.39 Å². The van der Waals surface area contributed by atoms with E-state index in [4.69, 9.17) is 0 Å². The van der Waals surface area contributed by atoms with E-state index in [1.54, 1.807) is 20.0 Å². The summed E-state index contributed by atoms with van der Waals surface area (Å²) in [4.78, 5) is 1.42. The third-order valence-electron chi connectivity index (χ3n) is 3.17. The summed E-state index contributed by atoms with van der Waals surface area (Å²) >= 11 is 0. The van der Waals surface area contributed by atoms with Crippen LogP contribution in [-0.4, -0.2) is 26.8 Å². The van der Waals surface area contributed by atoms with Crippen molar-refractivity contribution in [3.05, 3.63) is 41.0 Å². The molecule has 2 aromatic rings. The minimum atomic E-state index is -0.162. The van der Waals surface area contributed by atoms with Gasteiger partial charge in [0.15, 0.2) is 5.82 Å². The predicted octanol–water partition coefficient (Wildman–Crippen LogP) is 1.94. The lowest BCUT2D eigenvalue weighted by Crippen LogP contribution is -2.25. The summed E-state index contributed by atoms with van der Waals surface area (Å²) in [5.74, 6) is 0.451. The van der Waals surface area contributed by atoms with Gasteiger partial charge in [0, 0.05) is 18.0 Å². The number of hydrogen-bond donors (Lipinski definition) is 1. The topological polar surface area (TPSA) is 55.6 Å². The molecule has 20 heavy (non-hydrogen) atoms. The Morgan fingerprint density at radius 2 is 2.20 bits per heavy atom. The first-order valence-electron chi connectivity index (χ1n) is 6.83. The monoisotopic (exact) mass is 277 g/mol. The normalized spacial score (nSPS) is 12.6. The minimum absolute atomic E-state index is 0.140. The zero-order valence-corrected chi connectivity index (χ0v) is 12.1. The Bertz CT molecular complexity index is 566. The fraction of sp³-hybridized carbons (Fsp3) is 0.500. The summed E-state index contributed by atoms with van der Waals surface area (Å²) in [7, 11) is 1.72. The molecule has 1 heterocycles. The predicted molar refractivity (Wildman–Crippen MR) is 74.7 cm³/mol. The van der Waals surface area contributed by atoms with Crippen LogP contribution in [0.5, 0.6) is 0 Å². The number of tetrazole rings is 1. The van der Waals surface area contributed by atoms with Crippen molar-refractivity contribution in [2.45, 2.75) is 32.7 Å². The lowest BCUT2D eigenvalue weighted by Gasteiger charge is -2.18. The summed E-state index contributed by atoms with van der Waals surface area (Å²) in [6.45, 7) is 4.67. The molecule has 0 bridgehead atoms. The number of hydrogen-bond acceptors (Lipinski definition) is 4. The molecule has 1 aromatic carbocycles. The van der Waals surface area contributed by atoms with Crippen LogP contribution in [-0.2, 0) is 13.5 Å². The molecule has 0 fully saturated rings. The van der Waals surface area contributed by atoms with Crippen LogP contribution in [0.25, 0.3) is 0 Å². The lowest BCUT2D eigenvalue weighted by atomic mass is 10.00. The van der Waals surface area contributed by atoms with Crippen LogP contribution in [0.4, 0.5) is 4.39 Å². The Hall–Kier alpha value is -1.82. The fourth-order valence-electron chi connectivity index (χ4n) is 2.14. The summed E-state index contributed by atoms with van der Waals surface area (Å²) < 4.78 is 14.3. The van der Waals surface area contributed by atoms with Gasteiger partial charge in [-0.3, -0.25) is 0 Å². The summed E-state index contributed by atoms with van der Waals surface area (Å²) in [6.07, 6.45) is 1.51. The van der Waals surface area contributed by atoms with Crippen molar-refractivity contribution in [1.82, 2.24) is 25.5 Å². The third-order valence-corrected chi connectivity index (χ3v) is 3.17. The molecule has 1 aromatic heterocycles. The molecule has 0 aliphatic heterocycles. The Morgan fingerprint density at radius 3 is 2.85 bits per heavy atom. The highest BCUT2D eigenvalue weighted by atomic mass is 19.1. The fourth-order valence-corrected chi connectivity index (χ4v) is 2.14. The molecular formula is C14H20FN5. The van der Waals surface area contributed by atoms with Gasteiger partial charge in [0.25, 0.3) is 0 Å². The molecule has 0 aliphatic carbocycles. The molecule has 0 amide bonds. The Morgan fingerprint density at radius 1 is 1.40 bits per heavy atom. The highest BCUT2D eigenvalue weighted by Crippen LogP contribution is 2.22. The zero-order chi connectivity index (χ0) is 14.5. The number of aryl methyl sites for hydroxylation is 2. The number of nitrogens with one attached hydrogen (secondary N) is 1. The molecule has 0 radical (unpaired) electrons. The summed E-state index contributed by atoms with van der Waals surface area (Å²) in [5, 5.41) is 15.3. The third kappa shape index (κ3) is 3.39. The van der Waals surface area contributed by atoms with Crippen molar-refractivity contribution >= 4 is 0 Å². The number of halogens is 1. The molecule has 1 unspecified atom stereocenters. The van der Waals surface area contributed by atoms with Crippen LogP contribution in [0.15, 0.2) is 18.2 Å². The van der Waals surface area contributed by atoms with E-state index in [2.05, 4.69) is 27.7 Å². The van der Waals surface area contributed by atoms with Gasteiger partial charge in [0.1, 0.15) is 5.82 Å². The second kappa shape index (κ2) is 6.56. The largest absolute Gasteiger partial charge is 0.309 e. The first-order valence-corrected chi connectivity index (χ1v) is 6.83. The number of nitrogens with zero attached hydrogens (tertiary/aromatic N) is 4. The number of aromatic nitrogens is 4. The van der Waals surface area contributed by atoms with Crippen LogP contribution in [0.3, 0.4) is 0 Å². The van der Waals surface area contributed by atoms with E-state index in [-0.39, 0.29) is 11.9 Å². The van der Waals surface area contributed by atoms with Crippen LogP contribution >= 0.6 is 0 Å². The Balaban J connectivity index is 2.24. The summed E-state index contributed by atoms with van der Waals surface area (Å²) in [5.41, 5.74) is 1.31. The van der Waals surface area contributed by atoms with Crippen molar-refractivity contribution in [2.75, 3.05) is 6.54 Å². The molecule has 0 spiro atoms. The van der Waals surface area contributed by atoms with E-state index in [1.807, 2.05) is 12.1 Å². The molecule has 0 saturated heterocycles. The smallest absolute Gasteiger partial charge is 0.176 e. The van der Waals surface area contributed by atoms with Crippen LogP contribution in [0.1, 0.15) is 36.3 Å². The van der Waals surface area contributed by atoms with Crippen molar-refractivity contribution in [3.63, 3.8) is 0 Å². The highest BCUT2D eigenvalue weighted by Gasteiger charge is 2.18. The molecule has 6 heteroatoms. The second-order valence-corrected chi connectivity index (χ2v) is 4.88. The Labute approximate surface area is 118 Å². The molecule has 0 aliphatic rings. The lowest BCUT2D eigenvalue weighted by molar-refractivity contribution is 0.486. The van der Waals surface area contributed by atoms with Crippen molar-refractivity contribution in [2.24, 2.45) is 7.05 Å². The van der Waals surface area contributed by atoms with E-state index < -0.39 is 0 Å². The van der Waals surface area contributed by atoms with E-state index in [0.717, 1.165) is 13.0 Å². The average molecular weight is 277 g/mol. The Kier molecular flexibility index (Phi) is 4.79. The molecule has 108 valence electrons. The van der Waals surface area contributed by atoms with Crippen molar-refractivity contribution in [1.29, 1.82) is 0 Å². The average Bonchev–Trinajstić information content (AvgIpc) is 2.83. The van der Waals surface area contributed by atoms with Crippen LogP contribution in [0.2, 0.25) is 0 Å². The first kappa shape index (κ1) is 14.6.